The van der Waals surface area contributed by atoms with Gasteiger partial charge in [-0.1, -0.05) is 54.3 Å². The molecule has 6 nitrogen and oxygen atoms in total. The summed E-state index contributed by atoms with van der Waals surface area (Å²) in [5.41, 5.74) is 1.14. The van der Waals surface area contributed by atoms with Crippen molar-refractivity contribution in [2.45, 2.75) is 48.8 Å². The lowest BCUT2D eigenvalue weighted by Gasteiger charge is -2.34. The number of carboxylic acids is 1. The molecule has 156 valence electrons. The fourth-order valence-corrected chi connectivity index (χ4v) is 5.13. The summed E-state index contributed by atoms with van der Waals surface area (Å²) < 4.78 is 0.771. The van der Waals surface area contributed by atoms with E-state index >= 15 is 0 Å². The van der Waals surface area contributed by atoms with Crippen molar-refractivity contribution in [1.82, 2.24) is 9.88 Å². The number of halogens is 1. The molecule has 1 aliphatic rings. The molecule has 2 N–H and O–H groups in total. The summed E-state index contributed by atoms with van der Waals surface area (Å²) in [6, 6.07) is 7.81. The molecule has 0 spiro atoms. The van der Waals surface area contributed by atoms with Crippen LogP contribution in [0.3, 0.4) is 0 Å². The maximum Gasteiger partial charge on any atom is 0.323 e. The van der Waals surface area contributed by atoms with E-state index in [0.717, 1.165) is 41.9 Å². The average molecular weight is 454 g/mol. The zero-order valence-electron chi connectivity index (χ0n) is 16.0. The second kappa shape index (κ2) is 10.8. The van der Waals surface area contributed by atoms with Crippen LogP contribution in [-0.2, 0) is 11.2 Å². The number of rotatable bonds is 8. The molecule has 0 radical (unpaired) electrons. The third-order valence-electron chi connectivity index (χ3n) is 4.87. The van der Waals surface area contributed by atoms with Crippen molar-refractivity contribution in [3.63, 3.8) is 0 Å². The summed E-state index contributed by atoms with van der Waals surface area (Å²) in [7, 11) is 0. The van der Waals surface area contributed by atoms with Crippen LogP contribution in [0, 0.1) is 0 Å². The van der Waals surface area contributed by atoms with E-state index in [1.165, 1.54) is 29.5 Å². The second-order valence-electron chi connectivity index (χ2n) is 6.96. The number of nitrogens with zero attached hydrogens (tertiary/aromatic N) is 2. The summed E-state index contributed by atoms with van der Waals surface area (Å²) in [5.74, 6) is -0.898. The Morgan fingerprint density at radius 3 is 2.66 bits per heavy atom. The number of thiazole rings is 1. The smallest absolute Gasteiger partial charge is 0.323 e. The number of urea groups is 1. The predicted molar refractivity (Wildman–Crippen MR) is 118 cm³/mol. The van der Waals surface area contributed by atoms with Gasteiger partial charge in [-0.2, -0.15) is 0 Å². The molecule has 1 saturated carbocycles. The number of carboxylic acid groups (broad SMARTS) is 1. The van der Waals surface area contributed by atoms with Gasteiger partial charge in [0.15, 0.2) is 5.13 Å². The van der Waals surface area contributed by atoms with Gasteiger partial charge >= 0.3 is 12.0 Å². The summed E-state index contributed by atoms with van der Waals surface area (Å²) in [4.78, 5) is 29.9. The highest BCUT2D eigenvalue weighted by molar-refractivity contribution is 8.01. The minimum absolute atomic E-state index is 0.0229. The Hall–Kier alpha value is -1.77. The number of aromatic nitrogens is 1. The molecule has 9 heteroatoms. The van der Waals surface area contributed by atoms with E-state index in [2.05, 4.69) is 10.3 Å². The van der Waals surface area contributed by atoms with Gasteiger partial charge < -0.3 is 10.0 Å². The van der Waals surface area contributed by atoms with Gasteiger partial charge in [-0.25, -0.2) is 9.78 Å². The van der Waals surface area contributed by atoms with Gasteiger partial charge in [0.05, 0.1) is 16.2 Å². The fourth-order valence-electron chi connectivity index (χ4n) is 3.42. The van der Waals surface area contributed by atoms with E-state index in [0.29, 0.717) is 16.7 Å². The van der Waals surface area contributed by atoms with Crippen LogP contribution in [0.1, 0.15) is 37.7 Å². The fraction of sp³-hybridized carbons (Fsp3) is 0.450. The topological polar surface area (TPSA) is 82.5 Å². The first-order valence-electron chi connectivity index (χ1n) is 9.64. The number of carbonyl (C=O) groups is 2. The maximum absolute atomic E-state index is 13.0. The first-order chi connectivity index (χ1) is 14.0. The van der Waals surface area contributed by atoms with Crippen molar-refractivity contribution in [3.8, 4) is 0 Å². The number of amides is 2. The Labute approximate surface area is 183 Å². The Kier molecular flexibility index (Phi) is 8.20. The van der Waals surface area contributed by atoms with E-state index in [9.17, 15) is 9.59 Å². The number of aliphatic carboxylic acids is 1. The average Bonchev–Trinajstić information content (AvgIpc) is 3.16. The molecule has 0 atom stereocenters. The van der Waals surface area contributed by atoms with Crippen LogP contribution >= 0.6 is 34.7 Å². The summed E-state index contributed by atoms with van der Waals surface area (Å²) in [5, 5.41) is 12.9. The third kappa shape index (κ3) is 6.90. The zero-order chi connectivity index (χ0) is 20.6. The zero-order valence-corrected chi connectivity index (χ0v) is 18.4. The molecule has 1 aromatic carbocycles. The van der Waals surface area contributed by atoms with Gasteiger partial charge in [0.1, 0.15) is 0 Å². The highest BCUT2D eigenvalue weighted by Crippen LogP contribution is 2.29. The molecule has 1 aromatic heterocycles. The molecular weight excluding hydrogens is 430 g/mol. The number of thioether (sulfide) groups is 1. The second-order valence-corrected chi connectivity index (χ2v) is 9.70. The van der Waals surface area contributed by atoms with Gasteiger partial charge in [0.2, 0.25) is 0 Å². The van der Waals surface area contributed by atoms with E-state index in [1.807, 2.05) is 29.2 Å². The largest absolute Gasteiger partial charge is 0.481 e. The summed E-state index contributed by atoms with van der Waals surface area (Å²) in [6.07, 6.45) is 7.91. The Morgan fingerprint density at radius 2 is 1.97 bits per heavy atom. The van der Waals surface area contributed by atoms with Gasteiger partial charge in [0.25, 0.3) is 0 Å². The van der Waals surface area contributed by atoms with Crippen molar-refractivity contribution in [2.75, 3.05) is 17.6 Å². The number of anilines is 1. The van der Waals surface area contributed by atoms with Crippen molar-refractivity contribution < 1.29 is 14.7 Å². The van der Waals surface area contributed by atoms with E-state index in [4.69, 9.17) is 16.7 Å². The van der Waals surface area contributed by atoms with Crippen molar-refractivity contribution >= 4 is 51.8 Å². The van der Waals surface area contributed by atoms with Crippen LogP contribution in [-0.4, -0.2) is 45.3 Å². The molecular formula is C20H24ClN3O3S2. The molecule has 0 aliphatic heterocycles. The number of hydrogen-bond acceptors (Lipinski definition) is 5. The van der Waals surface area contributed by atoms with E-state index in [-0.39, 0.29) is 17.8 Å². The molecule has 1 aliphatic carbocycles. The normalized spacial score (nSPS) is 14.5. The lowest BCUT2D eigenvalue weighted by atomic mass is 9.94. The maximum atomic E-state index is 13.0. The molecule has 0 bridgehead atoms. The molecule has 1 heterocycles. The number of nitrogens with one attached hydrogen (secondary N) is 1. The van der Waals surface area contributed by atoms with Crippen LogP contribution in [0.2, 0.25) is 5.02 Å². The van der Waals surface area contributed by atoms with Crippen LogP contribution in [0.25, 0.3) is 0 Å². The monoisotopic (exact) mass is 453 g/mol. The minimum Gasteiger partial charge on any atom is -0.481 e. The minimum atomic E-state index is -0.875. The third-order valence-corrected chi connectivity index (χ3v) is 7.21. The molecule has 2 amide bonds. The van der Waals surface area contributed by atoms with Gasteiger partial charge in [-0.15, -0.1) is 11.8 Å². The lowest BCUT2D eigenvalue weighted by molar-refractivity contribution is -0.133. The van der Waals surface area contributed by atoms with Crippen molar-refractivity contribution in [3.05, 3.63) is 41.0 Å². The van der Waals surface area contributed by atoms with Gasteiger partial charge in [-0.3, -0.25) is 10.1 Å². The van der Waals surface area contributed by atoms with Gasteiger partial charge in [-0.05, 0) is 37.0 Å². The van der Waals surface area contributed by atoms with Crippen LogP contribution in [0.4, 0.5) is 9.93 Å². The Morgan fingerprint density at radius 1 is 1.24 bits per heavy atom. The molecule has 3 rings (SSSR count). The summed E-state index contributed by atoms with van der Waals surface area (Å²) in [6.45, 7) is 0.629. The Balaban J connectivity index is 1.63. The number of carbonyl (C=O) groups excluding carboxylic acids is 1. The lowest BCUT2D eigenvalue weighted by Crippen LogP contribution is -2.45. The first kappa shape index (κ1) is 21.9. The SMILES string of the molecule is O=C(O)CSc1cnc(NC(=O)N(CCc2ccc(Cl)cc2)C2CCCCC2)s1. The molecule has 29 heavy (non-hydrogen) atoms. The van der Waals surface area contributed by atoms with Crippen LogP contribution < -0.4 is 5.32 Å². The van der Waals surface area contributed by atoms with Crippen LogP contribution in [0.5, 0.6) is 0 Å². The summed E-state index contributed by atoms with van der Waals surface area (Å²) >= 11 is 8.46. The van der Waals surface area contributed by atoms with Crippen molar-refractivity contribution in [2.24, 2.45) is 0 Å². The highest BCUT2D eigenvalue weighted by Gasteiger charge is 2.26. The van der Waals surface area contributed by atoms with E-state index in [1.54, 1.807) is 6.20 Å². The molecule has 0 saturated heterocycles. The molecule has 0 unspecified atom stereocenters. The number of hydrogen-bond donors (Lipinski definition) is 2. The predicted octanol–water partition coefficient (Wildman–Crippen LogP) is 5.38. The van der Waals surface area contributed by atoms with Crippen molar-refractivity contribution in [1.29, 1.82) is 0 Å². The highest BCUT2D eigenvalue weighted by atomic mass is 35.5. The first-order valence-corrected chi connectivity index (χ1v) is 11.8. The standard InChI is InChI=1S/C20H24ClN3O3S2/c21-15-8-6-14(7-9-15)10-11-24(16-4-2-1-3-5-16)20(27)23-19-22-12-18(29-19)28-13-17(25)26/h6-9,12,16H,1-5,10-11,13H2,(H,25,26)(H,22,23,27). The van der Waals surface area contributed by atoms with Crippen LogP contribution in [0.15, 0.2) is 34.7 Å². The number of benzene rings is 1. The molecule has 2 aromatic rings. The Bertz CT molecular complexity index is 823. The quantitative estimate of drug-likeness (QED) is 0.524. The van der Waals surface area contributed by atoms with E-state index < -0.39 is 5.97 Å². The van der Waals surface area contributed by atoms with Gasteiger partial charge in [0, 0.05) is 17.6 Å². The molecule has 1 fully saturated rings.